The molecule has 1 atom stereocenters. The number of hydrogen-bond acceptors (Lipinski definition) is 4. The Bertz CT molecular complexity index is 851. The van der Waals surface area contributed by atoms with E-state index >= 15 is 0 Å². The molecule has 0 bridgehead atoms. The first kappa shape index (κ1) is 18.9. The number of halogens is 1. The Morgan fingerprint density at radius 1 is 1.18 bits per heavy atom. The lowest BCUT2D eigenvalue weighted by Gasteiger charge is -2.35. The van der Waals surface area contributed by atoms with Gasteiger partial charge < -0.3 is 15.0 Å². The molecule has 0 unspecified atom stereocenters. The lowest BCUT2D eigenvalue weighted by Crippen LogP contribution is -2.43. The first-order valence-electron chi connectivity index (χ1n) is 9.81. The molecule has 2 aromatic rings. The summed E-state index contributed by atoms with van der Waals surface area (Å²) in [5.74, 6) is -0.654. The van der Waals surface area contributed by atoms with Crippen LogP contribution in [-0.2, 0) is 11.2 Å². The van der Waals surface area contributed by atoms with Crippen molar-refractivity contribution < 1.29 is 13.9 Å². The van der Waals surface area contributed by atoms with Gasteiger partial charge in [-0.25, -0.2) is 4.39 Å². The van der Waals surface area contributed by atoms with E-state index in [9.17, 15) is 9.18 Å². The Balaban J connectivity index is 1.53. The molecule has 6 heteroatoms. The second-order valence-corrected chi connectivity index (χ2v) is 7.44. The summed E-state index contributed by atoms with van der Waals surface area (Å²) < 4.78 is 18.9. The van der Waals surface area contributed by atoms with E-state index in [1.807, 2.05) is 0 Å². The summed E-state index contributed by atoms with van der Waals surface area (Å²) in [7, 11) is 2.12. The minimum Gasteiger partial charge on any atom is -0.379 e. The smallest absolute Gasteiger partial charge is 0.251 e. The minimum atomic E-state index is -0.403. The van der Waals surface area contributed by atoms with Crippen LogP contribution in [0.25, 0.3) is 0 Å². The van der Waals surface area contributed by atoms with Crippen LogP contribution in [0.1, 0.15) is 27.5 Å². The fraction of sp³-hybridized carbons (Fsp3) is 0.409. The maximum atomic E-state index is 13.4. The van der Waals surface area contributed by atoms with Gasteiger partial charge >= 0.3 is 0 Å². The van der Waals surface area contributed by atoms with E-state index < -0.39 is 5.82 Å². The van der Waals surface area contributed by atoms with E-state index in [2.05, 4.69) is 40.4 Å². The third-order valence-corrected chi connectivity index (χ3v) is 5.65. The van der Waals surface area contributed by atoms with Crippen molar-refractivity contribution in [3.63, 3.8) is 0 Å². The average molecular weight is 383 g/mol. The number of hydrogen-bond donors (Lipinski definition) is 1. The van der Waals surface area contributed by atoms with Crippen LogP contribution >= 0.6 is 0 Å². The SMILES string of the molecule is CN1CCc2cc([C@@H](CNC(=O)c3cccc(F)c3)N3CCOCC3)ccc21. The number of nitrogens with one attached hydrogen (secondary N) is 1. The van der Waals surface area contributed by atoms with Crippen LogP contribution in [0, 0.1) is 5.82 Å². The molecule has 2 heterocycles. The Hall–Kier alpha value is -2.44. The molecular weight excluding hydrogens is 357 g/mol. The van der Waals surface area contributed by atoms with Gasteiger partial charge in [0.25, 0.3) is 5.91 Å². The molecule has 0 aromatic heterocycles. The number of benzene rings is 2. The van der Waals surface area contributed by atoms with Gasteiger partial charge in [-0.05, 0) is 41.8 Å². The second kappa shape index (κ2) is 8.29. The molecule has 2 aliphatic rings. The zero-order valence-electron chi connectivity index (χ0n) is 16.2. The fourth-order valence-corrected chi connectivity index (χ4v) is 4.06. The number of ether oxygens (including phenoxy) is 1. The maximum Gasteiger partial charge on any atom is 0.251 e. The van der Waals surface area contributed by atoms with Gasteiger partial charge in [0, 0.05) is 44.5 Å². The van der Waals surface area contributed by atoms with Crippen molar-refractivity contribution >= 4 is 11.6 Å². The van der Waals surface area contributed by atoms with Gasteiger partial charge in [0.1, 0.15) is 5.82 Å². The van der Waals surface area contributed by atoms with Gasteiger partial charge in [-0.15, -0.1) is 0 Å². The summed E-state index contributed by atoms with van der Waals surface area (Å²) in [6.45, 7) is 4.57. The maximum absolute atomic E-state index is 13.4. The van der Waals surface area contributed by atoms with Crippen LogP contribution in [0.5, 0.6) is 0 Å². The second-order valence-electron chi connectivity index (χ2n) is 7.44. The summed E-state index contributed by atoms with van der Waals surface area (Å²) in [4.78, 5) is 17.1. The zero-order chi connectivity index (χ0) is 19.5. The third-order valence-electron chi connectivity index (χ3n) is 5.65. The van der Waals surface area contributed by atoms with Crippen LogP contribution in [0.3, 0.4) is 0 Å². The molecular formula is C22H26FN3O2. The number of anilines is 1. The van der Waals surface area contributed by atoms with Gasteiger partial charge in [-0.1, -0.05) is 18.2 Å². The van der Waals surface area contributed by atoms with E-state index in [0.29, 0.717) is 25.3 Å². The number of fused-ring (bicyclic) bond motifs is 1. The molecule has 2 aromatic carbocycles. The van der Waals surface area contributed by atoms with Crippen molar-refractivity contribution in [3.05, 3.63) is 65.0 Å². The van der Waals surface area contributed by atoms with Gasteiger partial charge in [0.05, 0.1) is 19.3 Å². The highest BCUT2D eigenvalue weighted by Gasteiger charge is 2.25. The molecule has 1 fully saturated rings. The summed E-state index contributed by atoms with van der Waals surface area (Å²) in [6.07, 6.45) is 1.05. The first-order chi connectivity index (χ1) is 13.6. The number of likely N-dealkylation sites (N-methyl/N-ethyl adjacent to an activating group) is 1. The molecule has 4 rings (SSSR count). The Kier molecular flexibility index (Phi) is 5.59. The number of rotatable bonds is 5. The summed E-state index contributed by atoms with van der Waals surface area (Å²) in [5, 5.41) is 3.00. The van der Waals surface area contributed by atoms with Gasteiger partial charge in [-0.2, -0.15) is 0 Å². The zero-order valence-corrected chi connectivity index (χ0v) is 16.2. The average Bonchev–Trinajstić information content (AvgIpc) is 3.09. The molecule has 0 saturated carbocycles. The first-order valence-corrected chi connectivity index (χ1v) is 9.81. The number of carbonyl (C=O) groups is 1. The minimum absolute atomic E-state index is 0.0672. The normalized spacial score (nSPS) is 18.0. The van der Waals surface area contributed by atoms with E-state index in [-0.39, 0.29) is 11.9 Å². The topological polar surface area (TPSA) is 44.8 Å². The molecule has 28 heavy (non-hydrogen) atoms. The van der Waals surface area contributed by atoms with E-state index in [1.165, 1.54) is 28.9 Å². The highest BCUT2D eigenvalue weighted by Crippen LogP contribution is 2.31. The van der Waals surface area contributed by atoms with Crippen LogP contribution in [0.4, 0.5) is 10.1 Å². The quantitative estimate of drug-likeness (QED) is 0.862. The predicted octanol–water partition coefficient (Wildman–Crippen LogP) is 2.62. The molecule has 0 aliphatic carbocycles. The van der Waals surface area contributed by atoms with Crippen molar-refractivity contribution in [2.45, 2.75) is 12.5 Å². The summed E-state index contributed by atoms with van der Waals surface area (Å²) in [5.41, 5.74) is 4.19. The van der Waals surface area contributed by atoms with Crippen LogP contribution in [-0.4, -0.2) is 57.2 Å². The van der Waals surface area contributed by atoms with Crippen molar-refractivity contribution in [2.75, 3.05) is 51.3 Å². The summed E-state index contributed by atoms with van der Waals surface area (Å²) in [6, 6.07) is 12.5. The third kappa shape index (κ3) is 4.03. The van der Waals surface area contributed by atoms with Gasteiger partial charge in [0.15, 0.2) is 0 Å². The number of morpholine rings is 1. The monoisotopic (exact) mass is 383 g/mol. The Labute approximate surface area is 165 Å². The van der Waals surface area contributed by atoms with Crippen LogP contribution < -0.4 is 10.2 Å². The molecule has 0 spiro atoms. The molecule has 1 N–H and O–H groups in total. The molecule has 1 saturated heterocycles. The van der Waals surface area contributed by atoms with Crippen molar-refractivity contribution in [1.82, 2.24) is 10.2 Å². The van der Waals surface area contributed by atoms with E-state index in [4.69, 9.17) is 4.74 Å². The van der Waals surface area contributed by atoms with Crippen molar-refractivity contribution in [3.8, 4) is 0 Å². The van der Waals surface area contributed by atoms with Crippen LogP contribution in [0.2, 0.25) is 0 Å². The highest BCUT2D eigenvalue weighted by atomic mass is 19.1. The lowest BCUT2D eigenvalue weighted by atomic mass is 10.00. The fourth-order valence-electron chi connectivity index (χ4n) is 4.06. The lowest BCUT2D eigenvalue weighted by molar-refractivity contribution is 0.0162. The highest BCUT2D eigenvalue weighted by molar-refractivity contribution is 5.94. The van der Waals surface area contributed by atoms with Crippen molar-refractivity contribution in [2.24, 2.45) is 0 Å². The predicted molar refractivity (Wildman–Crippen MR) is 107 cm³/mol. The van der Waals surface area contributed by atoms with Crippen molar-refractivity contribution in [1.29, 1.82) is 0 Å². The molecule has 0 radical (unpaired) electrons. The number of carbonyl (C=O) groups excluding carboxylic acids is 1. The Morgan fingerprint density at radius 2 is 2.00 bits per heavy atom. The van der Waals surface area contributed by atoms with E-state index in [0.717, 1.165) is 26.1 Å². The largest absolute Gasteiger partial charge is 0.379 e. The van der Waals surface area contributed by atoms with Gasteiger partial charge in [0.2, 0.25) is 0 Å². The Morgan fingerprint density at radius 3 is 2.79 bits per heavy atom. The molecule has 148 valence electrons. The summed E-state index contributed by atoms with van der Waals surface area (Å²) >= 11 is 0. The number of amides is 1. The molecule has 1 amide bonds. The standard InChI is InChI=1S/C22H26FN3O2/c1-25-8-7-17-13-16(5-6-20(17)25)21(26-9-11-28-12-10-26)15-24-22(27)18-3-2-4-19(23)14-18/h2-6,13-14,21H,7-12,15H2,1H3,(H,24,27)/t21-/m1/s1. The van der Waals surface area contributed by atoms with Crippen LogP contribution in [0.15, 0.2) is 42.5 Å². The molecule has 5 nitrogen and oxygen atoms in total. The van der Waals surface area contributed by atoms with Gasteiger partial charge in [-0.3, -0.25) is 9.69 Å². The molecule has 2 aliphatic heterocycles. The number of nitrogens with zero attached hydrogens (tertiary/aromatic N) is 2. The van der Waals surface area contributed by atoms with E-state index in [1.54, 1.807) is 12.1 Å².